The van der Waals surface area contributed by atoms with Crippen LogP contribution in [-0.4, -0.2) is 17.2 Å². The van der Waals surface area contributed by atoms with Crippen LogP contribution in [0.2, 0.25) is 0 Å². The molecule has 4 aromatic rings. The topological polar surface area (TPSA) is 26.3 Å². The van der Waals surface area contributed by atoms with E-state index in [9.17, 15) is 4.79 Å². The smallest absolute Gasteiger partial charge is 0.200 e. The van der Waals surface area contributed by atoms with Crippen LogP contribution >= 0.6 is 15.9 Å². The first kappa shape index (κ1) is 18.5. The van der Waals surface area contributed by atoms with Gasteiger partial charge >= 0.3 is 0 Å². The maximum atomic E-state index is 14.0. The van der Waals surface area contributed by atoms with Crippen LogP contribution < -0.4 is 0 Å². The van der Waals surface area contributed by atoms with Crippen LogP contribution in [0.4, 0.5) is 0 Å². The Labute approximate surface area is 178 Å². The number of hydrogen-bond acceptors (Lipinski definition) is 2. The number of rotatable bonds is 3. The second kappa shape index (κ2) is 7.40. The lowest BCUT2D eigenvalue weighted by molar-refractivity contribution is -0.0519. The van der Waals surface area contributed by atoms with E-state index >= 15 is 0 Å². The van der Waals surface area contributed by atoms with E-state index in [0.717, 1.165) is 39.9 Å². The number of alkyl halides is 1. The summed E-state index contributed by atoms with van der Waals surface area (Å²) in [6, 6.07) is 28.5. The minimum atomic E-state index is -1.02. The molecule has 1 fully saturated rings. The number of ketones is 1. The monoisotopic (exact) mass is 444 g/mol. The molecule has 29 heavy (non-hydrogen) atoms. The fourth-order valence-electron chi connectivity index (χ4n) is 4.36. The summed E-state index contributed by atoms with van der Waals surface area (Å²) in [5.41, 5.74) is 0.573. The molecule has 0 radical (unpaired) electrons. The fraction of sp³-hybridized carbons (Fsp3) is 0.192. The SMILES string of the molecule is O=C(c1ccc2ccccc2c1)[C@@]1(c2ccc3ccccc3c2)OCCC[C@H]1Br. The molecule has 0 amide bonds. The summed E-state index contributed by atoms with van der Waals surface area (Å²) in [4.78, 5) is 13.9. The van der Waals surface area contributed by atoms with E-state index in [1.807, 2.05) is 54.6 Å². The minimum absolute atomic E-state index is 0.0140. The summed E-state index contributed by atoms with van der Waals surface area (Å²) in [5, 5.41) is 4.47. The number of carbonyl (C=O) groups excluding carboxylic acids is 1. The highest BCUT2D eigenvalue weighted by molar-refractivity contribution is 9.09. The minimum Gasteiger partial charge on any atom is -0.361 e. The zero-order valence-corrected chi connectivity index (χ0v) is 17.6. The Morgan fingerprint density at radius 1 is 0.828 bits per heavy atom. The van der Waals surface area contributed by atoms with Crippen LogP contribution in [0.3, 0.4) is 0 Å². The Morgan fingerprint density at radius 3 is 2.14 bits per heavy atom. The van der Waals surface area contributed by atoms with E-state index in [0.29, 0.717) is 12.2 Å². The average Bonchev–Trinajstić information content (AvgIpc) is 2.78. The van der Waals surface area contributed by atoms with Crippen LogP contribution in [0.25, 0.3) is 21.5 Å². The van der Waals surface area contributed by atoms with Crippen molar-refractivity contribution in [2.45, 2.75) is 23.3 Å². The van der Waals surface area contributed by atoms with Gasteiger partial charge in [-0.1, -0.05) is 88.7 Å². The van der Waals surface area contributed by atoms with Crippen LogP contribution in [-0.2, 0) is 10.3 Å². The predicted octanol–water partition coefficient (Wildman–Crippen LogP) is 6.65. The molecule has 0 N–H and O–H groups in total. The Kier molecular flexibility index (Phi) is 4.73. The van der Waals surface area contributed by atoms with E-state index < -0.39 is 5.60 Å². The number of benzene rings is 4. The molecule has 144 valence electrons. The first-order valence-electron chi connectivity index (χ1n) is 9.99. The molecule has 0 saturated carbocycles. The van der Waals surface area contributed by atoms with E-state index in [4.69, 9.17) is 4.74 Å². The number of hydrogen-bond donors (Lipinski definition) is 0. The van der Waals surface area contributed by atoms with Crippen LogP contribution in [0, 0.1) is 0 Å². The van der Waals surface area contributed by atoms with E-state index in [1.165, 1.54) is 0 Å². The van der Waals surface area contributed by atoms with E-state index in [2.05, 4.69) is 46.3 Å². The number of ether oxygens (including phenoxy) is 1. The average molecular weight is 445 g/mol. The van der Waals surface area contributed by atoms with Crippen molar-refractivity contribution < 1.29 is 9.53 Å². The van der Waals surface area contributed by atoms with Gasteiger partial charge in [-0.15, -0.1) is 0 Å². The molecule has 2 atom stereocenters. The first-order valence-corrected chi connectivity index (χ1v) is 10.9. The number of Topliss-reactive ketones (excluding diaryl/α,β-unsaturated/α-hetero) is 1. The Balaban J connectivity index is 1.68. The van der Waals surface area contributed by atoms with Gasteiger partial charge in [0, 0.05) is 12.2 Å². The van der Waals surface area contributed by atoms with E-state index in [1.54, 1.807) is 0 Å². The molecule has 4 aromatic carbocycles. The number of halogens is 1. The second-order valence-electron chi connectivity index (χ2n) is 7.65. The Hall–Kier alpha value is -2.49. The molecular weight excluding hydrogens is 424 g/mol. The summed E-state index contributed by atoms with van der Waals surface area (Å²) in [7, 11) is 0. The van der Waals surface area contributed by atoms with Gasteiger partial charge in [0.1, 0.15) is 0 Å². The third-order valence-corrected chi connectivity index (χ3v) is 7.00. The molecule has 3 heteroatoms. The standard InChI is InChI=1S/C26H21BrO2/c27-24-10-5-15-29-26(24,23-14-13-19-7-2-4-9-21(19)17-23)25(28)22-12-11-18-6-1-3-8-20(18)16-22/h1-4,6-9,11-14,16-17,24H,5,10,15H2/t24-,26+/m1/s1. The van der Waals surface area contributed by atoms with Crippen molar-refractivity contribution in [2.75, 3.05) is 6.61 Å². The maximum Gasteiger partial charge on any atom is 0.200 e. The van der Waals surface area contributed by atoms with Gasteiger partial charge in [-0.2, -0.15) is 0 Å². The fourth-order valence-corrected chi connectivity index (χ4v) is 5.29. The van der Waals surface area contributed by atoms with Gasteiger partial charge in [-0.05, 0) is 52.1 Å². The molecule has 1 heterocycles. The lowest BCUT2D eigenvalue weighted by atomic mass is 9.79. The van der Waals surface area contributed by atoms with Gasteiger partial charge in [-0.3, -0.25) is 4.79 Å². The number of carbonyl (C=O) groups is 1. The van der Waals surface area contributed by atoms with Crippen molar-refractivity contribution in [3.63, 3.8) is 0 Å². The van der Waals surface area contributed by atoms with Gasteiger partial charge in [0.15, 0.2) is 11.4 Å². The van der Waals surface area contributed by atoms with Crippen molar-refractivity contribution in [3.05, 3.63) is 96.1 Å². The normalized spacial score (nSPS) is 22.0. The largest absolute Gasteiger partial charge is 0.361 e. The van der Waals surface area contributed by atoms with Crippen LogP contribution in [0.15, 0.2) is 84.9 Å². The summed E-state index contributed by atoms with van der Waals surface area (Å²) < 4.78 is 6.34. The van der Waals surface area contributed by atoms with Crippen molar-refractivity contribution in [1.29, 1.82) is 0 Å². The molecule has 1 aliphatic rings. The molecule has 1 saturated heterocycles. The summed E-state index contributed by atoms with van der Waals surface area (Å²) >= 11 is 3.81. The molecule has 0 unspecified atom stereocenters. The second-order valence-corrected chi connectivity index (χ2v) is 8.75. The molecule has 2 nitrogen and oxygen atoms in total. The highest BCUT2D eigenvalue weighted by atomic mass is 79.9. The van der Waals surface area contributed by atoms with Crippen LogP contribution in [0.1, 0.15) is 28.8 Å². The quantitative estimate of drug-likeness (QED) is 0.261. The van der Waals surface area contributed by atoms with Crippen molar-refractivity contribution in [3.8, 4) is 0 Å². The van der Waals surface area contributed by atoms with E-state index in [-0.39, 0.29) is 10.6 Å². The third-order valence-electron chi connectivity index (χ3n) is 5.90. The van der Waals surface area contributed by atoms with Gasteiger partial charge in [0.25, 0.3) is 0 Å². The highest BCUT2D eigenvalue weighted by Gasteiger charge is 2.49. The summed E-state index contributed by atoms with van der Waals surface area (Å²) in [6.45, 7) is 0.578. The van der Waals surface area contributed by atoms with Gasteiger partial charge in [0.05, 0.1) is 4.83 Å². The first-order chi connectivity index (χ1) is 14.2. The van der Waals surface area contributed by atoms with Gasteiger partial charge in [0.2, 0.25) is 0 Å². The lowest BCUT2D eigenvalue weighted by Crippen LogP contribution is -2.49. The molecular formula is C26H21BrO2. The number of fused-ring (bicyclic) bond motifs is 2. The molecule has 0 spiro atoms. The molecule has 1 aliphatic heterocycles. The van der Waals surface area contributed by atoms with Gasteiger partial charge < -0.3 is 4.74 Å². The molecule has 0 aliphatic carbocycles. The summed E-state index contributed by atoms with van der Waals surface area (Å²) in [6.07, 6.45) is 1.84. The maximum absolute atomic E-state index is 14.0. The van der Waals surface area contributed by atoms with Gasteiger partial charge in [-0.25, -0.2) is 0 Å². The third kappa shape index (κ3) is 3.09. The summed E-state index contributed by atoms with van der Waals surface area (Å²) in [5.74, 6) is 0.0140. The Morgan fingerprint density at radius 2 is 1.45 bits per heavy atom. The predicted molar refractivity (Wildman–Crippen MR) is 122 cm³/mol. The zero-order chi connectivity index (χ0) is 19.8. The molecule has 5 rings (SSSR count). The molecule has 0 aromatic heterocycles. The molecule has 0 bridgehead atoms. The van der Waals surface area contributed by atoms with Crippen LogP contribution in [0.5, 0.6) is 0 Å². The lowest BCUT2D eigenvalue weighted by Gasteiger charge is -2.40. The van der Waals surface area contributed by atoms with Crippen molar-refractivity contribution >= 4 is 43.3 Å². The van der Waals surface area contributed by atoms with Crippen molar-refractivity contribution in [1.82, 2.24) is 0 Å². The Bertz CT molecular complexity index is 1220. The highest BCUT2D eigenvalue weighted by Crippen LogP contribution is 2.43. The zero-order valence-electron chi connectivity index (χ0n) is 16.0. The van der Waals surface area contributed by atoms with Crippen molar-refractivity contribution in [2.24, 2.45) is 0 Å².